The highest BCUT2D eigenvalue weighted by Crippen LogP contribution is 2.51. The standard InChI is InChI=1S/C20H29N3O5/c1-6-28-15-11-20(17(25)26,19(15,4)5)23-16(24)13-7-9-14(10-8-13)22-18(27)21-12(2)3/h7-10,12,15H,6,11H2,1-5H3,(H,23,24)(H,25,26)(H2,21,22,27). The van der Waals surface area contributed by atoms with Gasteiger partial charge in [-0.1, -0.05) is 13.8 Å². The molecule has 0 heterocycles. The Hall–Kier alpha value is -2.61. The number of carbonyl (C=O) groups is 3. The van der Waals surface area contributed by atoms with Crippen LogP contribution in [0.3, 0.4) is 0 Å². The van der Waals surface area contributed by atoms with E-state index in [-0.39, 0.29) is 24.6 Å². The largest absolute Gasteiger partial charge is 0.479 e. The van der Waals surface area contributed by atoms with E-state index in [4.69, 9.17) is 4.74 Å². The maximum absolute atomic E-state index is 12.7. The van der Waals surface area contributed by atoms with Gasteiger partial charge in [-0.2, -0.15) is 0 Å². The molecule has 4 N–H and O–H groups in total. The second-order valence-electron chi connectivity index (χ2n) is 7.86. The number of carbonyl (C=O) groups excluding carboxylic acids is 2. The SMILES string of the molecule is CCOC1CC(NC(=O)c2ccc(NC(=O)NC(C)C)cc2)(C(=O)O)C1(C)C. The fraction of sp³-hybridized carbons (Fsp3) is 0.550. The molecule has 0 bridgehead atoms. The number of amides is 3. The predicted octanol–water partition coefficient (Wildman–Crippen LogP) is 2.60. The molecule has 2 rings (SSSR count). The number of anilines is 1. The summed E-state index contributed by atoms with van der Waals surface area (Å²) >= 11 is 0. The summed E-state index contributed by atoms with van der Waals surface area (Å²) in [6, 6.07) is 5.94. The van der Waals surface area contributed by atoms with Crippen molar-refractivity contribution in [1.82, 2.24) is 10.6 Å². The second-order valence-corrected chi connectivity index (χ2v) is 7.86. The van der Waals surface area contributed by atoms with Crippen molar-refractivity contribution in [3.8, 4) is 0 Å². The van der Waals surface area contributed by atoms with Gasteiger partial charge in [-0.25, -0.2) is 9.59 Å². The van der Waals surface area contributed by atoms with Crippen LogP contribution in [0.5, 0.6) is 0 Å². The van der Waals surface area contributed by atoms with Crippen LogP contribution >= 0.6 is 0 Å². The molecule has 8 heteroatoms. The number of hydrogen-bond acceptors (Lipinski definition) is 4. The zero-order valence-corrected chi connectivity index (χ0v) is 17.0. The molecule has 0 saturated heterocycles. The summed E-state index contributed by atoms with van der Waals surface area (Å²) in [5.41, 5.74) is -1.30. The van der Waals surface area contributed by atoms with E-state index < -0.39 is 22.8 Å². The zero-order chi connectivity index (χ0) is 21.1. The molecule has 2 unspecified atom stereocenters. The lowest BCUT2D eigenvalue weighted by Gasteiger charge is -2.58. The minimum Gasteiger partial charge on any atom is -0.479 e. The van der Waals surface area contributed by atoms with E-state index in [1.807, 2.05) is 20.8 Å². The van der Waals surface area contributed by atoms with Crippen LogP contribution in [0.1, 0.15) is 51.4 Å². The maximum Gasteiger partial charge on any atom is 0.330 e. The Morgan fingerprint density at radius 1 is 1.21 bits per heavy atom. The van der Waals surface area contributed by atoms with Crippen LogP contribution in [0, 0.1) is 5.41 Å². The van der Waals surface area contributed by atoms with Crippen LogP contribution in [0.25, 0.3) is 0 Å². The summed E-state index contributed by atoms with van der Waals surface area (Å²) in [6.45, 7) is 9.60. The maximum atomic E-state index is 12.7. The van der Waals surface area contributed by atoms with Gasteiger partial charge in [-0.05, 0) is 45.0 Å². The summed E-state index contributed by atoms with van der Waals surface area (Å²) in [5, 5.41) is 17.9. The molecule has 0 aromatic heterocycles. The summed E-state index contributed by atoms with van der Waals surface area (Å²) in [6.07, 6.45) is -0.0239. The Balaban J connectivity index is 2.09. The molecule has 1 fully saturated rings. The van der Waals surface area contributed by atoms with Gasteiger partial charge in [0.05, 0.1) is 6.10 Å². The van der Waals surface area contributed by atoms with E-state index >= 15 is 0 Å². The number of benzene rings is 1. The van der Waals surface area contributed by atoms with Crippen molar-refractivity contribution in [2.45, 2.75) is 58.7 Å². The third kappa shape index (κ3) is 4.11. The van der Waals surface area contributed by atoms with Crippen molar-refractivity contribution >= 4 is 23.6 Å². The second kappa shape index (κ2) is 8.18. The molecule has 154 valence electrons. The van der Waals surface area contributed by atoms with Gasteiger partial charge in [-0.3, -0.25) is 4.79 Å². The van der Waals surface area contributed by atoms with E-state index in [0.717, 1.165) is 0 Å². The molecule has 8 nitrogen and oxygen atoms in total. The molecule has 28 heavy (non-hydrogen) atoms. The molecule has 3 amide bonds. The van der Waals surface area contributed by atoms with E-state index in [1.165, 1.54) is 0 Å². The summed E-state index contributed by atoms with van der Waals surface area (Å²) in [4.78, 5) is 36.4. The number of aliphatic carboxylic acids is 1. The average molecular weight is 391 g/mol. The smallest absolute Gasteiger partial charge is 0.330 e. The molecular weight excluding hydrogens is 362 g/mol. The lowest BCUT2D eigenvalue weighted by Crippen LogP contribution is -2.76. The molecule has 1 aliphatic carbocycles. The van der Waals surface area contributed by atoms with E-state index in [2.05, 4.69) is 16.0 Å². The molecule has 1 saturated carbocycles. The molecular formula is C20H29N3O5. The van der Waals surface area contributed by atoms with E-state index in [0.29, 0.717) is 17.9 Å². The Morgan fingerprint density at radius 3 is 2.29 bits per heavy atom. The monoisotopic (exact) mass is 391 g/mol. The van der Waals surface area contributed by atoms with E-state index in [1.54, 1.807) is 38.1 Å². The molecule has 1 aromatic rings. The van der Waals surface area contributed by atoms with Crippen LogP contribution in [-0.4, -0.2) is 47.3 Å². The molecule has 0 radical (unpaired) electrons. The minimum atomic E-state index is -1.39. The van der Waals surface area contributed by atoms with Crippen molar-refractivity contribution in [3.05, 3.63) is 29.8 Å². The molecule has 0 spiro atoms. The highest BCUT2D eigenvalue weighted by Gasteiger charge is 2.66. The molecule has 1 aliphatic rings. The van der Waals surface area contributed by atoms with Crippen molar-refractivity contribution in [3.63, 3.8) is 0 Å². The van der Waals surface area contributed by atoms with Gasteiger partial charge in [0.1, 0.15) is 5.54 Å². The quantitative estimate of drug-likeness (QED) is 0.570. The van der Waals surface area contributed by atoms with Gasteiger partial charge in [0.15, 0.2) is 0 Å². The summed E-state index contributed by atoms with van der Waals surface area (Å²) in [5.74, 6) is -1.56. The third-order valence-electron chi connectivity index (χ3n) is 5.28. The van der Waals surface area contributed by atoms with E-state index in [9.17, 15) is 19.5 Å². The van der Waals surface area contributed by atoms with Crippen LogP contribution in [-0.2, 0) is 9.53 Å². The summed E-state index contributed by atoms with van der Waals surface area (Å²) < 4.78 is 5.61. The van der Waals surface area contributed by atoms with Gasteiger partial charge >= 0.3 is 12.0 Å². The van der Waals surface area contributed by atoms with Crippen LogP contribution in [0.15, 0.2) is 24.3 Å². The van der Waals surface area contributed by atoms with Gasteiger partial charge in [0, 0.05) is 35.7 Å². The fourth-order valence-corrected chi connectivity index (χ4v) is 3.44. The number of hydrogen-bond donors (Lipinski definition) is 4. The number of nitrogens with one attached hydrogen (secondary N) is 3. The number of carboxylic acid groups (broad SMARTS) is 1. The zero-order valence-electron chi connectivity index (χ0n) is 17.0. The first-order valence-corrected chi connectivity index (χ1v) is 9.38. The van der Waals surface area contributed by atoms with Crippen molar-refractivity contribution in [1.29, 1.82) is 0 Å². The minimum absolute atomic E-state index is 0.00334. The van der Waals surface area contributed by atoms with Crippen molar-refractivity contribution in [2.24, 2.45) is 5.41 Å². The van der Waals surface area contributed by atoms with Crippen LogP contribution < -0.4 is 16.0 Å². The predicted molar refractivity (Wildman–Crippen MR) is 105 cm³/mol. The number of carboxylic acids is 1. The first-order valence-electron chi connectivity index (χ1n) is 9.38. The lowest BCUT2D eigenvalue weighted by molar-refractivity contribution is -0.190. The Morgan fingerprint density at radius 2 is 1.82 bits per heavy atom. The molecule has 0 aliphatic heterocycles. The highest BCUT2D eigenvalue weighted by molar-refractivity contribution is 5.99. The topological polar surface area (TPSA) is 117 Å². The Kier molecular flexibility index (Phi) is 6.34. The van der Waals surface area contributed by atoms with Crippen molar-refractivity contribution < 1.29 is 24.2 Å². The number of rotatable bonds is 7. The van der Waals surface area contributed by atoms with Gasteiger partial charge in [0.25, 0.3) is 5.91 Å². The molecule has 2 atom stereocenters. The van der Waals surface area contributed by atoms with Crippen molar-refractivity contribution in [2.75, 3.05) is 11.9 Å². The highest BCUT2D eigenvalue weighted by atomic mass is 16.5. The Bertz CT molecular complexity index is 745. The van der Waals surface area contributed by atoms with Gasteiger partial charge in [-0.15, -0.1) is 0 Å². The normalized spacial score (nSPS) is 22.9. The summed E-state index contributed by atoms with van der Waals surface area (Å²) in [7, 11) is 0. The number of ether oxygens (including phenoxy) is 1. The van der Waals surface area contributed by atoms with Gasteiger partial charge < -0.3 is 25.8 Å². The lowest BCUT2D eigenvalue weighted by atomic mass is 9.54. The van der Waals surface area contributed by atoms with Crippen LogP contribution in [0.2, 0.25) is 0 Å². The third-order valence-corrected chi connectivity index (χ3v) is 5.28. The fourth-order valence-electron chi connectivity index (χ4n) is 3.44. The first-order chi connectivity index (χ1) is 13.0. The first kappa shape index (κ1) is 21.7. The number of urea groups is 1. The average Bonchev–Trinajstić information content (AvgIpc) is 2.60. The molecule has 1 aromatic carbocycles. The van der Waals surface area contributed by atoms with Crippen LogP contribution in [0.4, 0.5) is 10.5 Å². The van der Waals surface area contributed by atoms with Gasteiger partial charge in [0.2, 0.25) is 0 Å². The Labute approximate surface area is 165 Å².